The molecule has 2 heteroatoms. The first kappa shape index (κ1) is 11.5. The summed E-state index contributed by atoms with van der Waals surface area (Å²) in [5.74, 6) is 2.84. The molecule has 1 nitrogen and oxygen atoms in total. The molecule has 1 aliphatic heterocycles. The molecule has 2 rings (SSSR count). The van der Waals surface area contributed by atoms with Crippen LogP contribution in [0.2, 0.25) is 0 Å². The van der Waals surface area contributed by atoms with Gasteiger partial charge < -0.3 is 5.32 Å². The predicted octanol–water partition coefficient (Wildman–Crippen LogP) is 2.86. The van der Waals surface area contributed by atoms with Gasteiger partial charge in [0.15, 0.2) is 0 Å². The highest BCUT2D eigenvalue weighted by Crippen LogP contribution is 2.51. The lowest BCUT2D eigenvalue weighted by molar-refractivity contribution is 0.100. The van der Waals surface area contributed by atoms with Gasteiger partial charge in [-0.3, -0.25) is 0 Å². The molecule has 1 aliphatic carbocycles. The molecule has 2 aliphatic rings. The van der Waals surface area contributed by atoms with Crippen molar-refractivity contribution >= 4 is 17.0 Å². The summed E-state index contributed by atoms with van der Waals surface area (Å²) >= 11 is 0. The van der Waals surface area contributed by atoms with Gasteiger partial charge >= 0.3 is 0 Å². The molecule has 3 unspecified atom stereocenters. The van der Waals surface area contributed by atoms with Crippen LogP contribution in [0.1, 0.15) is 33.6 Å². The largest absolute Gasteiger partial charge is 0.316 e. The van der Waals surface area contributed by atoms with Gasteiger partial charge in [0.1, 0.15) is 0 Å². The Hall–Kier alpha value is 0.440. The molecular weight excluding hydrogens is 226 g/mol. The van der Waals surface area contributed by atoms with E-state index >= 15 is 0 Å². The molecular formula is C11H22BrN. The summed E-state index contributed by atoms with van der Waals surface area (Å²) in [6.07, 6.45) is 2.92. The third kappa shape index (κ3) is 1.80. The van der Waals surface area contributed by atoms with Crippen LogP contribution in [0.15, 0.2) is 0 Å². The Bertz CT molecular complexity index is 177. The third-order valence-electron chi connectivity index (χ3n) is 4.05. The fraction of sp³-hybridized carbons (Fsp3) is 1.00. The van der Waals surface area contributed by atoms with Crippen LogP contribution in [0.5, 0.6) is 0 Å². The molecule has 0 amide bonds. The highest BCUT2D eigenvalue weighted by molar-refractivity contribution is 8.93. The molecule has 0 spiro atoms. The van der Waals surface area contributed by atoms with Crippen molar-refractivity contribution in [1.29, 1.82) is 0 Å². The van der Waals surface area contributed by atoms with Gasteiger partial charge in [-0.25, -0.2) is 0 Å². The van der Waals surface area contributed by atoms with Crippen molar-refractivity contribution in [2.75, 3.05) is 13.1 Å². The zero-order chi connectivity index (χ0) is 8.77. The summed E-state index contributed by atoms with van der Waals surface area (Å²) in [4.78, 5) is 0. The second-order valence-corrected chi connectivity index (χ2v) is 5.35. The van der Waals surface area contributed by atoms with E-state index in [0.717, 1.165) is 17.8 Å². The number of fused-ring (bicyclic) bond motifs is 2. The van der Waals surface area contributed by atoms with Crippen LogP contribution >= 0.6 is 17.0 Å². The van der Waals surface area contributed by atoms with Crippen molar-refractivity contribution in [3.63, 3.8) is 0 Å². The first-order valence-electron chi connectivity index (χ1n) is 5.34. The van der Waals surface area contributed by atoms with E-state index < -0.39 is 0 Å². The number of nitrogens with one attached hydrogen (secondary N) is 1. The van der Waals surface area contributed by atoms with E-state index in [1.165, 1.54) is 25.9 Å². The Morgan fingerprint density at radius 2 is 2.08 bits per heavy atom. The van der Waals surface area contributed by atoms with Gasteiger partial charge in [-0.15, -0.1) is 17.0 Å². The van der Waals surface area contributed by atoms with E-state index in [-0.39, 0.29) is 17.0 Å². The van der Waals surface area contributed by atoms with E-state index in [2.05, 4.69) is 26.1 Å². The molecule has 0 radical (unpaired) electrons. The summed E-state index contributed by atoms with van der Waals surface area (Å²) in [5.41, 5.74) is 0.622. The van der Waals surface area contributed by atoms with Crippen LogP contribution in [-0.4, -0.2) is 13.1 Å². The molecule has 78 valence electrons. The van der Waals surface area contributed by atoms with Gasteiger partial charge in [0.2, 0.25) is 0 Å². The van der Waals surface area contributed by atoms with Crippen molar-refractivity contribution in [2.24, 2.45) is 23.2 Å². The second kappa shape index (κ2) is 3.90. The van der Waals surface area contributed by atoms with Crippen LogP contribution in [0.25, 0.3) is 0 Å². The first-order valence-corrected chi connectivity index (χ1v) is 5.34. The van der Waals surface area contributed by atoms with Crippen molar-refractivity contribution in [1.82, 2.24) is 5.32 Å². The topological polar surface area (TPSA) is 12.0 Å². The first-order chi connectivity index (χ1) is 5.63. The predicted molar refractivity (Wildman–Crippen MR) is 62.4 cm³/mol. The second-order valence-electron chi connectivity index (χ2n) is 5.35. The summed E-state index contributed by atoms with van der Waals surface area (Å²) in [7, 11) is 0. The number of hydrogen-bond acceptors (Lipinski definition) is 1. The maximum atomic E-state index is 3.57. The summed E-state index contributed by atoms with van der Waals surface area (Å²) in [6, 6.07) is 0. The fourth-order valence-electron chi connectivity index (χ4n) is 3.76. The Morgan fingerprint density at radius 3 is 2.54 bits per heavy atom. The lowest BCUT2D eigenvalue weighted by Crippen LogP contribution is -2.46. The minimum absolute atomic E-state index is 0. The zero-order valence-corrected chi connectivity index (χ0v) is 10.7. The van der Waals surface area contributed by atoms with Crippen LogP contribution < -0.4 is 5.32 Å². The molecule has 1 N–H and O–H groups in total. The molecule has 3 atom stereocenters. The highest BCUT2D eigenvalue weighted by Gasteiger charge is 2.48. The van der Waals surface area contributed by atoms with Crippen molar-refractivity contribution in [3.05, 3.63) is 0 Å². The zero-order valence-electron chi connectivity index (χ0n) is 8.97. The van der Waals surface area contributed by atoms with Crippen molar-refractivity contribution in [3.8, 4) is 0 Å². The van der Waals surface area contributed by atoms with Gasteiger partial charge in [0, 0.05) is 6.54 Å². The van der Waals surface area contributed by atoms with Crippen LogP contribution in [0.3, 0.4) is 0 Å². The summed E-state index contributed by atoms with van der Waals surface area (Å²) in [5, 5.41) is 3.57. The maximum Gasteiger partial charge on any atom is 0.000814 e. The molecule has 1 saturated carbocycles. The Balaban J connectivity index is 0.000000845. The van der Waals surface area contributed by atoms with Crippen LogP contribution in [-0.2, 0) is 0 Å². The van der Waals surface area contributed by atoms with E-state index in [9.17, 15) is 0 Å². The van der Waals surface area contributed by atoms with Gasteiger partial charge in [0.05, 0.1) is 0 Å². The van der Waals surface area contributed by atoms with Gasteiger partial charge in [-0.2, -0.15) is 0 Å². The Kier molecular flexibility index (Phi) is 3.45. The number of hydrogen-bond donors (Lipinski definition) is 1. The molecule has 1 saturated heterocycles. The third-order valence-corrected chi connectivity index (χ3v) is 4.05. The molecule has 2 fully saturated rings. The van der Waals surface area contributed by atoms with Crippen LogP contribution in [0.4, 0.5) is 0 Å². The monoisotopic (exact) mass is 247 g/mol. The Morgan fingerprint density at radius 1 is 1.38 bits per heavy atom. The normalized spacial score (nSPS) is 43.4. The fourth-order valence-corrected chi connectivity index (χ4v) is 3.76. The van der Waals surface area contributed by atoms with Gasteiger partial charge in [-0.1, -0.05) is 20.8 Å². The Labute approximate surface area is 92.4 Å². The molecule has 1 heterocycles. The minimum Gasteiger partial charge on any atom is -0.316 e. The highest BCUT2D eigenvalue weighted by atomic mass is 79.9. The van der Waals surface area contributed by atoms with E-state index in [4.69, 9.17) is 0 Å². The quantitative estimate of drug-likeness (QED) is 0.752. The van der Waals surface area contributed by atoms with Crippen molar-refractivity contribution < 1.29 is 0 Å². The molecule has 0 aromatic rings. The van der Waals surface area contributed by atoms with Crippen molar-refractivity contribution in [2.45, 2.75) is 33.6 Å². The molecule has 13 heavy (non-hydrogen) atoms. The molecule has 2 bridgehead atoms. The van der Waals surface area contributed by atoms with Gasteiger partial charge in [0.25, 0.3) is 0 Å². The lowest BCUT2D eigenvalue weighted by atomic mass is 9.69. The number of piperidine rings is 1. The smallest absolute Gasteiger partial charge is 0.000814 e. The van der Waals surface area contributed by atoms with Gasteiger partial charge in [-0.05, 0) is 42.6 Å². The minimum atomic E-state index is 0. The molecule has 0 aromatic carbocycles. The summed E-state index contributed by atoms with van der Waals surface area (Å²) in [6.45, 7) is 9.80. The van der Waals surface area contributed by atoms with E-state index in [1.807, 2.05) is 0 Å². The van der Waals surface area contributed by atoms with E-state index in [1.54, 1.807) is 0 Å². The van der Waals surface area contributed by atoms with E-state index in [0.29, 0.717) is 5.41 Å². The number of rotatable bonds is 1. The van der Waals surface area contributed by atoms with Crippen LogP contribution in [0, 0.1) is 23.2 Å². The average Bonchev–Trinajstić information content (AvgIpc) is 2.18. The molecule has 0 aromatic heterocycles. The average molecular weight is 248 g/mol. The number of halogens is 1. The summed E-state index contributed by atoms with van der Waals surface area (Å²) < 4.78 is 0. The SMILES string of the molecule is Br.CC(C)C1C2CCC1(C)CNC2. The standard InChI is InChI=1S/C11H21N.BrH/c1-8(2)10-9-4-5-11(10,3)7-12-6-9;/h8-10,12H,4-7H2,1-3H3;1H. The maximum absolute atomic E-state index is 3.57. The lowest BCUT2D eigenvalue weighted by Gasteiger charge is -2.41.